The minimum absolute atomic E-state index is 0.00554. The quantitative estimate of drug-likeness (QED) is 0.339. The smallest absolute Gasteiger partial charge is 0.255 e. The number of carbonyl (C=O) groups is 2. The lowest BCUT2D eigenvalue weighted by molar-refractivity contribution is -0.118. The van der Waals surface area contributed by atoms with Crippen LogP contribution in [0.15, 0.2) is 66.7 Å². The van der Waals surface area contributed by atoms with E-state index in [1.165, 1.54) is 0 Å². The van der Waals surface area contributed by atoms with E-state index in [4.69, 9.17) is 4.74 Å². The molecule has 1 aromatic heterocycles. The number of methoxy groups -OCH3 is 1. The molecule has 0 unspecified atom stereocenters. The highest BCUT2D eigenvalue weighted by molar-refractivity contribution is 6.06. The minimum atomic E-state index is -0.216. The van der Waals surface area contributed by atoms with E-state index >= 15 is 0 Å². The molecular formula is C27H28N4O3. The Hall–Kier alpha value is -4.13. The van der Waals surface area contributed by atoms with Crippen LogP contribution in [0.5, 0.6) is 5.75 Å². The number of H-pyrrole nitrogens is 1. The normalized spacial score (nSPS) is 10.9. The molecule has 0 saturated carbocycles. The molecule has 0 aliphatic heterocycles. The van der Waals surface area contributed by atoms with Crippen molar-refractivity contribution in [3.63, 3.8) is 0 Å². The maximum Gasteiger partial charge on any atom is 0.255 e. The van der Waals surface area contributed by atoms with Gasteiger partial charge in [-0.15, -0.1) is 0 Å². The van der Waals surface area contributed by atoms with Crippen LogP contribution in [-0.2, 0) is 17.6 Å². The first-order valence-corrected chi connectivity index (χ1v) is 11.3. The minimum Gasteiger partial charge on any atom is -0.495 e. The molecule has 0 aliphatic rings. The molecule has 3 N–H and O–H groups in total. The average molecular weight is 457 g/mol. The second-order valence-corrected chi connectivity index (χ2v) is 8.41. The SMILES string of the molecule is COc1ccccc1NC(=O)c1ccc2nc(CCc3ccc(NC(=O)C(C)C)cc3)[nH]c2c1. The molecule has 0 fully saturated rings. The van der Waals surface area contributed by atoms with Crippen LogP contribution in [0.4, 0.5) is 11.4 Å². The number of benzene rings is 3. The lowest BCUT2D eigenvalue weighted by Gasteiger charge is -2.09. The molecule has 4 rings (SSSR count). The Bertz CT molecular complexity index is 1310. The number of aryl methyl sites for hydroxylation is 2. The molecule has 4 aromatic rings. The molecule has 174 valence electrons. The molecule has 0 atom stereocenters. The number of nitrogens with zero attached hydrogens (tertiary/aromatic N) is 1. The predicted octanol–water partition coefficient (Wildman–Crippen LogP) is 5.20. The van der Waals surface area contributed by atoms with Crippen molar-refractivity contribution >= 4 is 34.2 Å². The van der Waals surface area contributed by atoms with E-state index in [1.807, 2.05) is 62.4 Å². The van der Waals surface area contributed by atoms with E-state index in [0.717, 1.165) is 41.0 Å². The second-order valence-electron chi connectivity index (χ2n) is 8.41. The fourth-order valence-electron chi connectivity index (χ4n) is 3.57. The summed E-state index contributed by atoms with van der Waals surface area (Å²) in [5.41, 5.74) is 4.73. The van der Waals surface area contributed by atoms with Gasteiger partial charge in [0.1, 0.15) is 11.6 Å². The van der Waals surface area contributed by atoms with Gasteiger partial charge in [-0.05, 0) is 54.4 Å². The third kappa shape index (κ3) is 5.43. The number of amides is 2. The van der Waals surface area contributed by atoms with Gasteiger partial charge in [0.2, 0.25) is 5.91 Å². The molecule has 3 aromatic carbocycles. The fraction of sp³-hybridized carbons (Fsp3) is 0.222. The van der Waals surface area contributed by atoms with Crippen LogP contribution in [0.3, 0.4) is 0 Å². The molecule has 0 bridgehead atoms. The van der Waals surface area contributed by atoms with Crippen molar-refractivity contribution in [1.29, 1.82) is 0 Å². The number of para-hydroxylation sites is 2. The molecule has 0 radical (unpaired) electrons. The summed E-state index contributed by atoms with van der Waals surface area (Å²) in [6, 6.07) is 20.6. The largest absolute Gasteiger partial charge is 0.495 e. The number of fused-ring (bicyclic) bond motifs is 1. The number of ether oxygens (including phenoxy) is 1. The zero-order valence-electron chi connectivity index (χ0n) is 19.5. The van der Waals surface area contributed by atoms with Crippen LogP contribution >= 0.6 is 0 Å². The lowest BCUT2D eigenvalue weighted by Crippen LogP contribution is -2.17. The van der Waals surface area contributed by atoms with Gasteiger partial charge in [-0.25, -0.2) is 4.98 Å². The zero-order chi connectivity index (χ0) is 24.1. The number of hydrogen-bond acceptors (Lipinski definition) is 4. The Morgan fingerprint density at radius 2 is 1.74 bits per heavy atom. The number of nitrogens with one attached hydrogen (secondary N) is 3. The van der Waals surface area contributed by atoms with Crippen LogP contribution < -0.4 is 15.4 Å². The third-order valence-corrected chi connectivity index (χ3v) is 5.54. The van der Waals surface area contributed by atoms with E-state index in [9.17, 15) is 9.59 Å². The average Bonchev–Trinajstić information content (AvgIpc) is 3.26. The van der Waals surface area contributed by atoms with Gasteiger partial charge in [-0.3, -0.25) is 9.59 Å². The van der Waals surface area contributed by atoms with Gasteiger partial charge in [0.25, 0.3) is 5.91 Å². The first-order valence-electron chi connectivity index (χ1n) is 11.3. The maximum atomic E-state index is 12.7. The third-order valence-electron chi connectivity index (χ3n) is 5.54. The monoisotopic (exact) mass is 456 g/mol. The second kappa shape index (κ2) is 10.2. The van der Waals surface area contributed by atoms with Gasteiger partial charge < -0.3 is 20.4 Å². The highest BCUT2D eigenvalue weighted by Gasteiger charge is 2.12. The van der Waals surface area contributed by atoms with Crippen molar-refractivity contribution in [2.45, 2.75) is 26.7 Å². The van der Waals surface area contributed by atoms with Crippen LogP contribution in [0.2, 0.25) is 0 Å². The summed E-state index contributed by atoms with van der Waals surface area (Å²) in [7, 11) is 1.57. The number of imidazole rings is 1. The molecule has 0 aliphatic carbocycles. The first kappa shape index (κ1) is 23.0. The van der Waals surface area contributed by atoms with E-state index in [-0.39, 0.29) is 17.7 Å². The molecule has 1 heterocycles. The van der Waals surface area contributed by atoms with Gasteiger partial charge in [0.15, 0.2) is 0 Å². The Morgan fingerprint density at radius 3 is 2.47 bits per heavy atom. The van der Waals surface area contributed by atoms with Gasteiger partial charge in [0, 0.05) is 23.6 Å². The summed E-state index contributed by atoms with van der Waals surface area (Å²) < 4.78 is 5.30. The van der Waals surface area contributed by atoms with Crippen LogP contribution in [0, 0.1) is 5.92 Å². The predicted molar refractivity (Wildman–Crippen MR) is 134 cm³/mol. The number of rotatable bonds is 8. The maximum absolute atomic E-state index is 12.7. The summed E-state index contributed by atoms with van der Waals surface area (Å²) in [5.74, 6) is 1.20. The first-order chi connectivity index (χ1) is 16.4. The Kier molecular flexibility index (Phi) is 6.92. The fourth-order valence-corrected chi connectivity index (χ4v) is 3.57. The molecule has 0 saturated heterocycles. The van der Waals surface area contributed by atoms with E-state index < -0.39 is 0 Å². The van der Waals surface area contributed by atoms with Crippen molar-refractivity contribution in [3.8, 4) is 5.75 Å². The Morgan fingerprint density at radius 1 is 0.971 bits per heavy atom. The van der Waals surface area contributed by atoms with Gasteiger partial charge in [0.05, 0.1) is 23.8 Å². The van der Waals surface area contributed by atoms with E-state index in [2.05, 4.69) is 20.6 Å². The van der Waals surface area contributed by atoms with Crippen LogP contribution in [-0.4, -0.2) is 28.9 Å². The number of anilines is 2. The molecular weight excluding hydrogens is 428 g/mol. The van der Waals surface area contributed by atoms with E-state index in [1.54, 1.807) is 25.3 Å². The number of aromatic amines is 1. The van der Waals surface area contributed by atoms with Gasteiger partial charge >= 0.3 is 0 Å². The summed E-state index contributed by atoms with van der Waals surface area (Å²) in [5, 5.41) is 5.79. The molecule has 2 amide bonds. The summed E-state index contributed by atoms with van der Waals surface area (Å²) >= 11 is 0. The van der Waals surface area contributed by atoms with Crippen molar-refractivity contribution in [1.82, 2.24) is 9.97 Å². The Balaban J connectivity index is 1.40. The van der Waals surface area contributed by atoms with Crippen molar-refractivity contribution < 1.29 is 14.3 Å². The van der Waals surface area contributed by atoms with Crippen LogP contribution in [0.25, 0.3) is 11.0 Å². The summed E-state index contributed by atoms with van der Waals surface area (Å²) in [4.78, 5) is 32.5. The highest BCUT2D eigenvalue weighted by Crippen LogP contribution is 2.24. The number of hydrogen-bond donors (Lipinski definition) is 3. The zero-order valence-corrected chi connectivity index (χ0v) is 19.5. The van der Waals surface area contributed by atoms with Gasteiger partial charge in [-0.1, -0.05) is 38.1 Å². The van der Waals surface area contributed by atoms with Crippen molar-refractivity contribution in [2.24, 2.45) is 5.92 Å². The molecule has 7 nitrogen and oxygen atoms in total. The Labute approximate surface area is 198 Å². The van der Waals surface area contributed by atoms with Crippen molar-refractivity contribution in [3.05, 3.63) is 83.7 Å². The molecule has 0 spiro atoms. The van der Waals surface area contributed by atoms with E-state index in [0.29, 0.717) is 17.0 Å². The van der Waals surface area contributed by atoms with Gasteiger partial charge in [-0.2, -0.15) is 0 Å². The summed E-state index contributed by atoms with van der Waals surface area (Å²) in [6.07, 6.45) is 1.54. The van der Waals surface area contributed by atoms with Crippen molar-refractivity contribution in [2.75, 3.05) is 17.7 Å². The van der Waals surface area contributed by atoms with Crippen LogP contribution in [0.1, 0.15) is 35.6 Å². The highest BCUT2D eigenvalue weighted by atomic mass is 16.5. The number of aromatic nitrogens is 2. The number of carbonyl (C=O) groups excluding carboxylic acids is 2. The topological polar surface area (TPSA) is 96.1 Å². The summed E-state index contributed by atoms with van der Waals surface area (Å²) in [6.45, 7) is 3.74. The lowest BCUT2D eigenvalue weighted by atomic mass is 10.1. The standard InChI is InChI=1S/C27H28N4O3/c1-17(2)26(32)28-20-12-8-18(9-13-20)10-15-25-29-21-14-11-19(16-23(21)30-25)27(33)31-22-6-4-5-7-24(22)34-3/h4-9,11-14,16-17H,10,15H2,1-3H3,(H,28,32)(H,29,30)(H,31,33). The molecule has 7 heteroatoms. The molecule has 34 heavy (non-hydrogen) atoms.